The number of piperidine rings is 1. The highest BCUT2D eigenvalue weighted by Crippen LogP contribution is 2.40. The largest absolute Gasteiger partial charge is 0.392 e. The van der Waals surface area contributed by atoms with Crippen molar-refractivity contribution >= 4 is 23.4 Å². The average Bonchev–Trinajstić information content (AvgIpc) is 3.55. The van der Waals surface area contributed by atoms with Crippen LogP contribution in [0.5, 0.6) is 0 Å². The van der Waals surface area contributed by atoms with Gasteiger partial charge < -0.3 is 35.0 Å². The Balaban J connectivity index is 1.03. The molecule has 12 nitrogen and oxygen atoms in total. The van der Waals surface area contributed by atoms with Gasteiger partial charge in [-0.2, -0.15) is 0 Å². The lowest BCUT2D eigenvalue weighted by Gasteiger charge is -2.45. The van der Waals surface area contributed by atoms with Crippen molar-refractivity contribution < 1.29 is 34.2 Å². The van der Waals surface area contributed by atoms with Crippen molar-refractivity contribution in [1.29, 1.82) is 0 Å². The summed E-state index contributed by atoms with van der Waals surface area (Å²) in [6.45, 7) is 3.08. The molecule has 4 aromatic carbocycles. The zero-order chi connectivity index (χ0) is 38.2. The van der Waals surface area contributed by atoms with E-state index in [1.807, 2.05) is 91.0 Å². The molecule has 0 aliphatic carbocycles. The van der Waals surface area contributed by atoms with E-state index in [1.54, 1.807) is 5.48 Å². The summed E-state index contributed by atoms with van der Waals surface area (Å²) in [5.74, 6) is -0.581. The highest BCUT2D eigenvalue weighted by molar-refractivity contribution is 5.93. The number of hydroxylamine groups is 1. The second kappa shape index (κ2) is 17.6. The first-order valence-electron chi connectivity index (χ1n) is 19.1. The van der Waals surface area contributed by atoms with Gasteiger partial charge in [-0.3, -0.25) is 19.6 Å². The second-order valence-corrected chi connectivity index (χ2v) is 14.6. The highest BCUT2D eigenvalue weighted by Gasteiger charge is 2.50. The first-order valence-corrected chi connectivity index (χ1v) is 19.1. The number of likely N-dealkylation sites (tertiary alicyclic amines) is 1. The molecule has 3 saturated heterocycles. The lowest BCUT2D eigenvalue weighted by Crippen LogP contribution is -2.57. The van der Waals surface area contributed by atoms with Crippen molar-refractivity contribution in [3.8, 4) is 11.1 Å². The van der Waals surface area contributed by atoms with E-state index in [-0.39, 0.29) is 43.5 Å². The quantitative estimate of drug-likeness (QED) is 0.0928. The molecule has 0 aromatic heterocycles. The Morgan fingerprint density at radius 1 is 0.836 bits per heavy atom. The second-order valence-electron chi connectivity index (χ2n) is 14.6. The van der Waals surface area contributed by atoms with Crippen LogP contribution in [0.4, 0.5) is 5.69 Å². The minimum Gasteiger partial charge on any atom is -0.392 e. The molecule has 288 valence electrons. The van der Waals surface area contributed by atoms with Gasteiger partial charge >= 0.3 is 0 Å². The average molecular weight is 748 g/mol. The monoisotopic (exact) mass is 747 g/mol. The molecule has 5 N–H and O–H groups in total. The van der Waals surface area contributed by atoms with Gasteiger partial charge in [-0.05, 0) is 59.2 Å². The third kappa shape index (κ3) is 8.90. The van der Waals surface area contributed by atoms with Crippen molar-refractivity contribution in [3.63, 3.8) is 0 Å². The summed E-state index contributed by atoms with van der Waals surface area (Å²) >= 11 is 0. The van der Waals surface area contributed by atoms with Crippen LogP contribution in [-0.4, -0.2) is 70.9 Å². The number of hydrogen-bond acceptors (Lipinski definition) is 9. The van der Waals surface area contributed by atoms with Gasteiger partial charge in [0, 0.05) is 56.7 Å². The molecule has 1 spiro atoms. The molecule has 3 heterocycles. The molecule has 7 rings (SSSR count). The van der Waals surface area contributed by atoms with Crippen LogP contribution in [0.15, 0.2) is 103 Å². The van der Waals surface area contributed by atoms with E-state index >= 15 is 0 Å². The number of carbonyl (C=O) groups is 3. The predicted molar refractivity (Wildman–Crippen MR) is 206 cm³/mol. The maximum Gasteiger partial charge on any atom is 0.247 e. The Morgan fingerprint density at radius 2 is 1.53 bits per heavy atom. The molecule has 0 bridgehead atoms. The van der Waals surface area contributed by atoms with Gasteiger partial charge in [0.05, 0.1) is 25.5 Å². The van der Waals surface area contributed by atoms with E-state index < -0.39 is 17.7 Å². The zero-order valence-electron chi connectivity index (χ0n) is 30.9. The molecular formula is C43H49N5O7. The van der Waals surface area contributed by atoms with Crippen molar-refractivity contribution in [3.05, 3.63) is 125 Å². The van der Waals surface area contributed by atoms with Gasteiger partial charge in [0.1, 0.15) is 5.54 Å². The van der Waals surface area contributed by atoms with E-state index in [4.69, 9.17) is 14.7 Å². The van der Waals surface area contributed by atoms with E-state index in [2.05, 4.69) is 32.6 Å². The number of rotatable bonds is 13. The van der Waals surface area contributed by atoms with Crippen LogP contribution < -0.4 is 21.0 Å². The number of anilines is 1. The van der Waals surface area contributed by atoms with Crippen LogP contribution in [-0.2, 0) is 37.0 Å². The highest BCUT2D eigenvalue weighted by atomic mass is 16.7. The van der Waals surface area contributed by atoms with Crippen molar-refractivity contribution in [1.82, 2.24) is 21.0 Å². The SMILES string of the molecule is O=C(CCCC(=O)NCc1ccccc1-c1ccc([C@H]2O[C@@H](CN3CCC4(CC3)C(=O)NCN4c3ccccc3)C[C@@H](c3ccc(CO)cc3)O2)cc1)NO. The standard InChI is InChI=1S/C43H49N5O7/c49-28-30-13-15-32(16-14-30)38-25-36(27-47-23-21-43(22-24-47)42(52)45-29-48(43)35-8-2-1-3-9-35)54-41(55-38)33-19-17-31(18-20-33)37-10-5-4-7-34(37)26-44-39(50)11-6-12-40(51)46-53/h1-5,7-10,13-20,36,38,41,49,53H,6,11-12,21-29H2,(H,44,50)(H,45,52)(H,46,51)/t36-,38+,41+/m1/s1. The zero-order valence-corrected chi connectivity index (χ0v) is 30.9. The van der Waals surface area contributed by atoms with Crippen LogP contribution in [0.3, 0.4) is 0 Å². The van der Waals surface area contributed by atoms with Crippen LogP contribution in [0.1, 0.15) is 73.2 Å². The predicted octanol–water partition coefficient (Wildman–Crippen LogP) is 5.11. The molecule has 3 atom stereocenters. The normalized spacial score (nSPS) is 20.9. The molecule has 3 amide bonds. The number of nitrogens with zero attached hydrogens (tertiary/aromatic N) is 2. The molecule has 0 unspecified atom stereocenters. The molecule has 3 aliphatic rings. The molecule has 3 aliphatic heterocycles. The lowest BCUT2D eigenvalue weighted by molar-refractivity contribution is -0.253. The smallest absolute Gasteiger partial charge is 0.247 e. The number of aliphatic hydroxyl groups is 1. The summed E-state index contributed by atoms with van der Waals surface area (Å²) < 4.78 is 13.4. The van der Waals surface area contributed by atoms with E-state index in [0.717, 1.165) is 65.0 Å². The number of nitrogens with one attached hydrogen (secondary N) is 3. The van der Waals surface area contributed by atoms with E-state index in [9.17, 15) is 19.5 Å². The van der Waals surface area contributed by atoms with Crippen molar-refractivity contribution in [2.24, 2.45) is 0 Å². The summed E-state index contributed by atoms with van der Waals surface area (Å²) in [6, 6.07) is 34.1. The Bertz CT molecular complexity index is 1920. The van der Waals surface area contributed by atoms with Crippen LogP contribution in [0.2, 0.25) is 0 Å². The van der Waals surface area contributed by atoms with Crippen LogP contribution in [0, 0.1) is 0 Å². The van der Waals surface area contributed by atoms with Gasteiger partial charge in [0.25, 0.3) is 0 Å². The third-order valence-corrected chi connectivity index (χ3v) is 11.1. The maximum absolute atomic E-state index is 13.3. The number of carbonyl (C=O) groups excluding carboxylic acids is 3. The molecule has 0 saturated carbocycles. The minimum atomic E-state index is -0.608. The maximum atomic E-state index is 13.3. The number of hydrogen-bond donors (Lipinski definition) is 5. The minimum absolute atomic E-state index is 0.0241. The summed E-state index contributed by atoms with van der Waals surface area (Å²) in [5.41, 5.74) is 7.78. The van der Waals surface area contributed by atoms with Gasteiger partial charge in [-0.25, -0.2) is 5.48 Å². The molecule has 3 fully saturated rings. The summed E-state index contributed by atoms with van der Waals surface area (Å²) in [5, 5.41) is 24.3. The summed E-state index contributed by atoms with van der Waals surface area (Å²) in [6.07, 6.45) is 1.76. The van der Waals surface area contributed by atoms with Gasteiger partial charge in [-0.1, -0.05) is 91.0 Å². The Hall–Kier alpha value is -5.11. The van der Waals surface area contributed by atoms with Crippen LogP contribution in [0.25, 0.3) is 11.1 Å². The van der Waals surface area contributed by atoms with E-state index in [0.29, 0.717) is 32.6 Å². The van der Waals surface area contributed by atoms with Crippen molar-refractivity contribution in [2.75, 3.05) is 31.2 Å². The Kier molecular flexibility index (Phi) is 12.2. The molecule has 0 radical (unpaired) electrons. The third-order valence-electron chi connectivity index (χ3n) is 11.1. The topological polar surface area (TPSA) is 153 Å². The Morgan fingerprint density at radius 3 is 2.25 bits per heavy atom. The number of ether oxygens (including phenoxy) is 2. The number of amides is 3. The van der Waals surface area contributed by atoms with Crippen molar-refractivity contribution in [2.45, 2.75) is 75.7 Å². The lowest BCUT2D eigenvalue weighted by atomic mass is 9.85. The van der Waals surface area contributed by atoms with Gasteiger partial charge in [-0.15, -0.1) is 0 Å². The summed E-state index contributed by atoms with van der Waals surface area (Å²) in [4.78, 5) is 41.6. The Labute approximate surface area is 321 Å². The molecule has 55 heavy (non-hydrogen) atoms. The van der Waals surface area contributed by atoms with Gasteiger partial charge in [0.2, 0.25) is 17.7 Å². The fraction of sp³-hybridized carbons (Fsp3) is 0.372. The fourth-order valence-corrected chi connectivity index (χ4v) is 7.98. The molecule has 4 aromatic rings. The van der Waals surface area contributed by atoms with Crippen LogP contribution >= 0.6 is 0 Å². The van der Waals surface area contributed by atoms with Gasteiger partial charge in [0.15, 0.2) is 6.29 Å². The molecule has 12 heteroatoms. The summed E-state index contributed by atoms with van der Waals surface area (Å²) in [7, 11) is 0. The number of benzene rings is 4. The molecular weight excluding hydrogens is 699 g/mol. The van der Waals surface area contributed by atoms with E-state index in [1.165, 1.54) is 0 Å². The first kappa shape index (κ1) is 38.2. The number of aliphatic hydroxyl groups excluding tert-OH is 1. The fourth-order valence-electron chi connectivity index (χ4n) is 7.98. The first-order chi connectivity index (χ1) is 26.8. The number of para-hydroxylation sites is 1.